The summed E-state index contributed by atoms with van der Waals surface area (Å²) >= 11 is 9.58. The zero-order chi connectivity index (χ0) is 13.8. The van der Waals surface area contributed by atoms with E-state index < -0.39 is 0 Å². The van der Waals surface area contributed by atoms with E-state index in [2.05, 4.69) is 26.3 Å². The van der Waals surface area contributed by atoms with Crippen LogP contribution in [0, 0.1) is 6.92 Å². The van der Waals surface area contributed by atoms with Crippen molar-refractivity contribution in [3.05, 3.63) is 62.8 Å². The van der Waals surface area contributed by atoms with Crippen LogP contribution < -0.4 is 11.3 Å². The Balaban J connectivity index is 2.28. The van der Waals surface area contributed by atoms with E-state index >= 15 is 0 Å². The maximum Gasteiger partial charge on any atom is 0.0504 e. The van der Waals surface area contributed by atoms with E-state index in [4.69, 9.17) is 17.4 Å². The fraction of sp³-hybridized carbons (Fsp3) is 0.214. The van der Waals surface area contributed by atoms with Gasteiger partial charge < -0.3 is 0 Å². The average molecular weight is 341 g/mol. The summed E-state index contributed by atoms with van der Waals surface area (Å²) in [4.78, 5) is 4.16. The van der Waals surface area contributed by atoms with Crippen molar-refractivity contribution in [2.24, 2.45) is 5.84 Å². The van der Waals surface area contributed by atoms with Crippen LogP contribution in [0.4, 0.5) is 0 Å². The molecule has 0 aliphatic heterocycles. The molecule has 0 saturated heterocycles. The summed E-state index contributed by atoms with van der Waals surface area (Å²) in [7, 11) is 0. The van der Waals surface area contributed by atoms with Crippen LogP contribution in [0.5, 0.6) is 0 Å². The number of hydrogen-bond acceptors (Lipinski definition) is 3. The lowest BCUT2D eigenvalue weighted by Crippen LogP contribution is -2.30. The van der Waals surface area contributed by atoms with Gasteiger partial charge in [0.25, 0.3) is 0 Å². The number of rotatable bonds is 4. The first kappa shape index (κ1) is 14.5. The number of aromatic nitrogens is 1. The Morgan fingerprint density at radius 2 is 2.21 bits per heavy atom. The lowest BCUT2D eigenvalue weighted by Gasteiger charge is -2.19. The zero-order valence-corrected chi connectivity index (χ0v) is 12.9. The van der Waals surface area contributed by atoms with Crippen LogP contribution in [0.15, 0.2) is 41.1 Å². The molecule has 0 radical (unpaired) electrons. The fourth-order valence-corrected chi connectivity index (χ4v) is 2.66. The van der Waals surface area contributed by atoms with Crippen molar-refractivity contribution in [2.75, 3.05) is 0 Å². The van der Waals surface area contributed by atoms with Crippen LogP contribution in [-0.4, -0.2) is 4.98 Å². The number of benzene rings is 1. The summed E-state index contributed by atoms with van der Waals surface area (Å²) in [5, 5.41) is 0.755. The largest absolute Gasteiger partial charge is 0.271 e. The van der Waals surface area contributed by atoms with Gasteiger partial charge in [-0.3, -0.25) is 16.3 Å². The third-order valence-electron chi connectivity index (χ3n) is 3.09. The molecular weight excluding hydrogens is 326 g/mol. The molecule has 0 aliphatic carbocycles. The molecule has 19 heavy (non-hydrogen) atoms. The summed E-state index contributed by atoms with van der Waals surface area (Å²) < 4.78 is 0.962. The maximum atomic E-state index is 6.15. The molecule has 5 heteroatoms. The molecule has 0 spiro atoms. The zero-order valence-electron chi connectivity index (χ0n) is 10.5. The molecule has 100 valence electrons. The SMILES string of the molecule is Cc1c(Cl)cccc1C(Cc1cncc(Br)c1)NN. The average Bonchev–Trinajstić information content (AvgIpc) is 2.40. The van der Waals surface area contributed by atoms with E-state index in [-0.39, 0.29) is 6.04 Å². The molecule has 0 saturated carbocycles. The summed E-state index contributed by atoms with van der Waals surface area (Å²) in [5.74, 6) is 5.68. The van der Waals surface area contributed by atoms with Gasteiger partial charge in [-0.1, -0.05) is 23.7 Å². The van der Waals surface area contributed by atoms with Crippen LogP contribution in [0.2, 0.25) is 5.02 Å². The number of pyridine rings is 1. The molecule has 3 N–H and O–H groups in total. The molecule has 2 rings (SSSR count). The smallest absolute Gasteiger partial charge is 0.0504 e. The van der Waals surface area contributed by atoms with Crippen molar-refractivity contribution < 1.29 is 0 Å². The molecule has 0 amide bonds. The van der Waals surface area contributed by atoms with E-state index in [9.17, 15) is 0 Å². The second-order valence-corrected chi connectivity index (χ2v) is 5.71. The normalized spacial score (nSPS) is 12.4. The summed E-state index contributed by atoms with van der Waals surface area (Å²) in [5.41, 5.74) is 6.12. The summed E-state index contributed by atoms with van der Waals surface area (Å²) in [6, 6.07) is 7.91. The predicted molar refractivity (Wildman–Crippen MR) is 81.9 cm³/mol. The van der Waals surface area contributed by atoms with Gasteiger partial charge in [0.15, 0.2) is 0 Å². The molecule has 0 aliphatic rings. The van der Waals surface area contributed by atoms with Crippen molar-refractivity contribution >= 4 is 27.5 Å². The van der Waals surface area contributed by atoms with Crippen molar-refractivity contribution in [3.8, 4) is 0 Å². The predicted octanol–water partition coefficient (Wildman–Crippen LogP) is 3.55. The first-order valence-electron chi connectivity index (χ1n) is 5.92. The Morgan fingerprint density at radius 1 is 1.42 bits per heavy atom. The lowest BCUT2D eigenvalue weighted by atomic mass is 9.96. The van der Waals surface area contributed by atoms with Crippen LogP contribution >= 0.6 is 27.5 Å². The minimum Gasteiger partial charge on any atom is -0.271 e. The number of nitrogens with two attached hydrogens (primary N) is 1. The lowest BCUT2D eigenvalue weighted by molar-refractivity contribution is 0.548. The highest BCUT2D eigenvalue weighted by Crippen LogP contribution is 2.26. The van der Waals surface area contributed by atoms with Crippen molar-refractivity contribution in [2.45, 2.75) is 19.4 Å². The Kier molecular flexibility index (Phi) is 4.93. The van der Waals surface area contributed by atoms with E-state index in [1.165, 1.54) is 0 Å². The van der Waals surface area contributed by atoms with Crippen LogP contribution in [-0.2, 0) is 6.42 Å². The van der Waals surface area contributed by atoms with Gasteiger partial charge in [-0.15, -0.1) is 0 Å². The Hall–Kier alpha value is -0.940. The quantitative estimate of drug-likeness (QED) is 0.661. The summed E-state index contributed by atoms with van der Waals surface area (Å²) in [6.07, 6.45) is 4.36. The highest BCUT2D eigenvalue weighted by Gasteiger charge is 2.14. The minimum atomic E-state index is 0.00907. The number of nitrogens with one attached hydrogen (secondary N) is 1. The standard InChI is InChI=1S/C14H15BrClN3/c1-9-12(3-2-4-13(9)16)14(19-17)6-10-5-11(15)8-18-7-10/h2-5,7-8,14,19H,6,17H2,1H3. The minimum absolute atomic E-state index is 0.00907. The van der Waals surface area contributed by atoms with Gasteiger partial charge in [0.2, 0.25) is 0 Å². The molecule has 3 nitrogen and oxygen atoms in total. The second kappa shape index (κ2) is 6.48. The number of nitrogens with zero attached hydrogens (tertiary/aromatic N) is 1. The maximum absolute atomic E-state index is 6.15. The highest BCUT2D eigenvalue weighted by atomic mass is 79.9. The molecule has 1 heterocycles. The van der Waals surface area contributed by atoms with Crippen LogP contribution in [0.1, 0.15) is 22.7 Å². The van der Waals surface area contributed by atoms with E-state index in [0.717, 1.165) is 32.6 Å². The Morgan fingerprint density at radius 3 is 2.89 bits per heavy atom. The van der Waals surface area contributed by atoms with Gasteiger partial charge in [-0.05, 0) is 58.1 Å². The van der Waals surface area contributed by atoms with Crippen molar-refractivity contribution in [3.63, 3.8) is 0 Å². The Labute approximate surface area is 126 Å². The first-order valence-corrected chi connectivity index (χ1v) is 7.09. The Bertz CT molecular complexity index is 574. The van der Waals surface area contributed by atoms with Gasteiger partial charge in [0.1, 0.15) is 0 Å². The molecule has 1 aromatic carbocycles. The van der Waals surface area contributed by atoms with Gasteiger partial charge in [0, 0.05) is 21.9 Å². The van der Waals surface area contributed by atoms with Gasteiger partial charge in [-0.25, -0.2) is 0 Å². The fourth-order valence-electron chi connectivity index (χ4n) is 2.06. The van der Waals surface area contributed by atoms with Gasteiger partial charge >= 0.3 is 0 Å². The molecular formula is C14H15BrClN3. The topological polar surface area (TPSA) is 50.9 Å². The molecule has 0 bridgehead atoms. The van der Waals surface area contributed by atoms with Crippen LogP contribution in [0.25, 0.3) is 0 Å². The molecule has 1 unspecified atom stereocenters. The number of hydrazine groups is 1. The van der Waals surface area contributed by atoms with Crippen molar-refractivity contribution in [1.82, 2.24) is 10.4 Å². The third kappa shape index (κ3) is 3.54. The van der Waals surface area contributed by atoms with E-state index in [0.29, 0.717) is 0 Å². The van der Waals surface area contributed by atoms with Gasteiger partial charge in [0.05, 0.1) is 6.04 Å². The molecule has 1 atom stereocenters. The summed E-state index contributed by atoms with van der Waals surface area (Å²) in [6.45, 7) is 2.00. The first-order chi connectivity index (χ1) is 9.11. The molecule has 2 aromatic rings. The molecule has 1 aromatic heterocycles. The number of hydrogen-bond donors (Lipinski definition) is 2. The molecule has 0 fully saturated rings. The van der Waals surface area contributed by atoms with Crippen LogP contribution in [0.3, 0.4) is 0 Å². The third-order valence-corrected chi connectivity index (χ3v) is 3.93. The van der Waals surface area contributed by atoms with E-state index in [1.807, 2.05) is 37.4 Å². The van der Waals surface area contributed by atoms with Crippen molar-refractivity contribution in [1.29, 1.82) is 0 Å². The van der Waals surface area contributed by atoms with E-state index in [1.54, 1.807) is 6.20 Å². The highest BCUT2D eigenvalue weighted by molar-refractivity contribution is 9.10. The number of halogens is 2. The van der Waals surface area contributed by atoms with Gasteiger partial charge in [-0.2, -0.15) is 0 Å². The monoisotopic (exact) mass is 339 g/mol. The second-order valence-electron chi connectivity index (χ2n) is 4.39.